The van der Waals surface area contributed by atoms with Crippen LogP contribution in [0.4, 0.5) is 0 Å². The van der Waals surface area contributed by atoms with E-state index in [1.165, 1.54) is 6.42 Å². The van der Waals surface area contributed by atoms with Crippen molar-refractivity contribution in [1.29, 1.82) is 0 Å². The number of ether oxygens (including phenoxy) is 1. The van der Waals surface area contributed by atoms with Gasteiger partial charge in [-0.3, -0.25) is 5.10 Å². The van der Waals surface area contributed by atoms with Gasteiger partial charge >= 0.3 is 0 Å². The number of fused-ring (bicyclic) bond motifs is 1. The van der Waals surface area contributed by atoms with Crippen molar-refractivity contribution in [3.8, 4) is 17.3 Å². The molecule has 8 heteroatoms. The zero-order valence-corrected chi connectivity index (χ0v) is 16.8. The molecule has 29 heavy (non-hydrogen) atoms. The third-order valence-electron chi connectivity index (χ3n) is 5.93. The summed E-state index contributed by atoms with van der Waals surface area (Å²) in [6.45, 7) is 6.29. The molecule has 3 heterocycles. The Morgan fingerprint density at radius 1 is 1.17 bits per heavy atom. The van der Waals surface area contributed by atoms with Crippen LogP contribution in [0, 0.1) is 6.92 Å². The normalized spacial score (nSPS) is 16.5. The lowest BCUT2D eigenvalue weighted by molar-refractivity contribution is 0.186. The van der Waals surface area contributed by atoms with Crippen molar-refractivity contribution in [3.05, 3.63) is 53.6 Å². The van der Waals surface area contributed by atoms with Gasteiger partial charge in [-0.05, 0) is 32.1 Å². The van der Waals surface area contributed by atoms with Gasteiger partial charge in [0.25, 0.3) is 0 Å². The summed E-state index contributed by atoms with van der Waals surface area (Å²) >= 11 is 0. The standard InChI is InChI=1S/C21H23N7O/c1-13-16(21(3)10-7-11-21)20(29-14(2)17-22-12-23-24-17)27-28-18(13)25-26-19(28)15-8-5-4-6-9-15/h4-6,8-9,12,14H,7,10-11H2,1-3H3,(H,22,23,24). The topological polar surface area (TPSA) is 93.9 Å². The minimum absolute atomic E-state index is 0.0335. The van der Waals surface area contributed by atoms with E-state index in [-0.39, 0.29) is 11.5 Å². The van der Waals surface area contributed by atoms with Gasteiger partial charge in [0.15, 0.2) is 23.4 Å². The summed E-state index contributed by atoms with van der Waals surface area (Å²) in [7, 11) is 0. The Morgan fingerprint density at radius 2 is 1.97 bits per heavy atom. The molecule has 3 aromatic heterocycles. The Labute approximate surface area is 168 Å². The molecule has 0 amide bonds. The number of rotatable bonds is 5. The van der Waals surface area contributed by atoms with E-state index < -0.39 is 0 Å². The Bertz CT molecular complexity index is 1150. The maximum Gasteiger partial charge on any atom is 0.236 e. The molecule has 0 radical (unpaired) electrons. The fourth-order valence-corrected chi connectivity index (χ4v) is 4.17. The minimum Gasteiger partial charge on any atom is -0.465 e. The summed E-state index contributed by atoms with van der Waals surface area (Å²) in [4.78, 5) is 4.23. The largest absolute Gasteiger partial charge is 0.465 e. The summed E-state index contributed by atoms with van der Waals surface area (Å²) in [5.41, 5.74) is 3.94. The molecule has 1 aliphatic rings. The maximum absolute atomic E-state index is 6.33. The number of nitrogens with zero attached hydrogens (tertiary/aromatic N) is 6. The fourth-order valence-electron chi connectivity index (χ4n) is 4.17. The van der Waals surface area contributed by atoms with Gasteiger partial charge in [-0.1, -0.05) is 43.7 Å². The van der Waals surface area contributed by atoms with E-state index in [2.05, 4.69) is 39.2 Å². The molecule has 4 aromatic rings. The van der Waals surface area contributed by atoms with Crippen LogP contribution in [0.3, 0.4) is 0 Å². The summed E-state index contributed by atoms with van der Waals surface area (Å²) in [5, 5.41) is 20.7. The summed E-state index contributed by atoms with van der Waals surface area (Å²) in [6.07, 6.45) is 4.65. The number of hydrogen-bond acceptors (Lipinski definition) is 6. The van der Waals surface area contributed by atoms with Crippen molar-refractivity contribution in [2.75, 3.05) is 0 Å². The van der Waals surface area contributed by atoms with Crippen molar-refractivity contribution in [1.82, 2.24) is 35.0 Å². The predicted octanol–water partition coefficient (Wildman–Crippen LogP) is 3.80. The molecule has 0 saturated heterocycles. The van der Waals surface area contributed by atoms with Crippen LogP contribution in [0.2, 0.25) is 0 Å². The second-order valence-electron chi connectivity index (χ2n) is 7.96. The van der Waals surface area contributed by atoms with Crippen LogP contribution in [0.5, 0.6) is 5.88 Å². The van der Waals surface area contributed by atoms with Gasteiger partial charge in [0.1, 0.15) is 6.33 Å². The zero-order valence-electron chi connectivity index (χ0n) is 16.8. The molecule has 1 N–H and O–H groups in total. The Balaban J connectivity index is 1.68. The predicted molar refractivity (Wildman–Crippen MR) is 108 cm³/mol. The van der Waals surface area contributed by atoms with Crippen molar-refractivity contribution >= 4 is 5.65 Å². The Kier molecular flexibility index (Phi) is 4.08. The number of hydrogen-bond donors (Lipinski definition) is 1. The second kappa shape index (κ2) is 6.65. The van der Waals surface area contributed by atoms with E-state index in [4.69, 9.17) is 9.84 Å². The van der Waals surface area contributed by atoms with Crippen LogP contribution in [0.25, 0.3) is 17.0 Å². The number of aromatic amines is 1. The molecule has 1 unspecified atom stereocenters. The summed E-state index contributed by atoms with van der Waals surface area (Å²) < 4.78 is 8.12. The maximum atomic E-state index is 6.33. The quantitative estimate of drug-likeness (QED) is 0.558. The van der Waals surface area contributed by atoms with Crippen molar-refractivity contribution in [3.63, 3.8) is 0 Å². The molecule has 1 fully saturated rings. The first-order valence-electron chi connectivity index (χ1n) is 9.91. The van der Waals surface area contributed by atoms with Gasteiger partial charge in [-0.15, -0.1) is 15.3 Å². The van der Waals surface area contributed by atoms with Gasteiger partial charge in [0, 0.05) is 16.7 Å². The first kappa shape index (κ1) is 17.8. The molecular weight excluding hydrogens is 366 g/mol. The fraction of sp³-hybridized carbons (Fsp3) is 0.381. The zero-order chi connectivity index (χ0) is 20.0. The number of nitrogens with one attached hydrogen (secondary N) is 1. The molecule has 0 aliphatic heterocycles. The number of aryl methyl sites for hydroxylation is 1. The third-order valence-corrected chi connectivity index (χ3v) is 5.93. The first-order valence-corrected chi connectivity index (χ1v) is 9.91. The minimum atomic E-state index is -0.329. The Hall–Kier alpha value is -3.29. The third kappa shape index (κ3) is 2.86. The van der Waals surface area contributed by atoms with Gasteiger partial charge in [0.05, 0.1) is 0 Å². The van der Waals surface area contributed by atoms with Crippen molar-refractivity contribution in [2.24, 2.45) is 0 Å². The molecule has 0 bridgehead atoms. The molecule has 1 aromatic carbocycles. The van der Waals surface area contributed by atoms with Crippen molar-refractivity contribution < 1.29 is 4.74 Å². The number of aromatic nitrogens is 7. The van der Waals surface area contributed by atoms with E-state index in [1.54, 1.807) is 10.8 Å². The molecule has 0 spiro atoms. The van der Waals surface area contributed by atoms with E-state index in [0.717, 1.165) is 35.2 Å². The molecule has 1 atom stereocenters. The van der Waals surface area contributed by atoms with E-state index in [1.807, 2.05) is 37.3 Å². The van der Waals surface area contributed by atoms with Crippen LogP contribution < -0.4 is 4.74 Å². The lowest BCUT2D eigenvalue weighted by Crippen LogP contribution is -2.33. The van der Waals surface area contributed by atoms with Crippen LogP contribution in [0.15, 0.2) is 36.7 Å². The van der Waals surface area contributed by atoms with Crippen LogP contribution >= 0.6 is 0 Å². The van der Waals surface area contributed by atoms with Crippen molar-refractivity contribution in [2.45, 2.75) is 51.6 Å². The van der Waals surface area contributed by atoms with Crippen LogP contribution in [0.1, 0.15) is 56.2 Å². The van der Waals surface area contributed by atoms with Gasteiger partial charge in [-0.25, -0.2) is 4.98 Å². The molecule has 1 aliphatic carbocycles. The Morgan fingerprint density at radius 3 is 2.62 bits per heavy atom. The van der Waals surface area contributed by atoms with Gasteiger partial charge in [0.2, 0.25) is 5.88 Å². The van der Waals surface area contributed by atoms with Crippen LogP contribution in [-0.2, 0) is 5.41 Å². The van der Waals surface area contributed by atoms with E-state index in [0.29, 0.717) is 17.5 Å². The molecule has 8 nitrogen and oxygen atoms in total. The average molecular weight is 389 g/mol. The highest BCUT2D eigenvalue weighted by Crippen LogP contribution is 2.48. The van der Waals surface area contributed by atoms with Gasteiger partial charge in [-0.2, -0.15) is 9.61 Å². The summed E-state index contributed by atoms with van der Waals surface area (Å²) in [5.74, 6) is 1.90. The smallest absolute Gasteiger partial charge is 0.236 e. The highest BCUT2D eigenvalue weighted by molar-refractivity contribution is 5.63. The SMILES string of the molecule is Cc1c(C2(C)CCC2)c(OC(C)c2nc[nH]n2)nn2c(-c3ccccc3)nnc12. The first-order chi connectivity index (χ1) is 14.1. The monoisotopic (exact) mass is 389 g/mol. The molecule has 1 saturated carbocycles. The summed E-state index contributed by atoms with van der Waals surface area (Å²) in [6, 6.07) is 9.95. The lowest BCUT2D eigenvalue weighted by Gasteiger charge is -2.40. The van der Waals surface area contributed by atoms with E-state index in [9.17, 15) is 0 Å². The average Bonchev–Trinajstić information content (AvgIpc) is 3.37. The second-order valence-corrected chi connectivity index (χ2v) is 7.96. The molecular formula is C21H23N7O. The molecule has 148 valence electrons. The lowest BCUT2D eigenvalue weighted by atomic mass is 9.65. The number of H-pyrrole nitrogens is 1. The van der Waals surface area contributed by atoms with Gasteiger partial charge < -0.3 is 4.74 Å². The highest BCUT2D eigenvalue weighted by Gasteiger charge is 2.40. The highest BCUT2D eigenvalue weighted by atomic mass is 16.5. The van der Waals surface area contributed by atoms with Crippen LogP contribution in [-0.4, -0.2) is 35.0 Å². The molecule has 5 rings (SSSR count). The van der Waals surface area contributed by atoms with E-state index >= 15 is 0 Å². The number of benzene rings is 1.